The zero-order valence-corrected chi connectivity index (χ0v) is 17.7. The number of imidazole rings is 1. The third-order valence-electron chi connectivity index (χ3n) is 6.73. The van der Waals surface area contributed by atoms with Crippen molar-refractivity contribution in [2.75, 3.05) is 0 Å². The maximum Gasteiger partial charge on any atom is 0.294 e. The molecular formula is C28H18N3O+. The second-order valence-electron chi connectivity index (χ2n) is 8.41. The standard InChI is InChI=1S/C28H18N3O/c1-16-9-8-12-18-17-10-4-6-13-21(17)31-27-25-19-11-5-7-14-22(19)32-23(25)15-20(29-2)26(27)30(3)28(31)24(16)18/h4-15H,1,3H3/q+1. The van der Waals surface area contributed by atoms with E-state index in [0.717, 1.165) is 44.1 Å². The minimum atomic E-state index is 0.601. The average Bonchev–Trinajstić information content (AvgIpc) is 3.34. The molecule has 0 unspecified atom stereocenters. The Morgan fingerprint density at radius 1 is 0.844 bits per heavy atom. The third kappa shape index (κ3) is 1.94. The molecular weight excluding hydrogens is 394 g/mol. The molecule has 0 aliphatic rings. The van der Waals surface area contributed by atoms with Gasteiger partial charge in [0.05, 0.1) is 24.4 Å². The van der Waals surface area contributed by atoms with Gasteiger partial charge in [-0.3, -0.25) is 0 Å². The van der Waals surface area contributed by atoms with Gasteiger partial charge in [0.1, 0.15) is 16.7 Å². The van der Waals surface area contributed by atoms with Gasteiger partial charge in [0, 0.05) is 16.2 Å². The fraction of sp³-hybridized carbons (Fsp3) is 0.0714. The van der Waals surface area contributed by atoms with Crippen LogP contribution in [0.3, 0.4) is 0 Å². The van der Waals surface area contributed by atoms with Crippen molar-refractivity contribution in [2.24, 2.45) is 7.05 Å². The monoisotopic (exact) mass is 412 g/mol. The van der Waals surface area contributed by atoms with Crippen molar-refractivity contribution >= 4 is 66.0 Å². The Hall–Kier alpha value is -4.36. The molecule has 3 aromatic heterocycles. The molecule has 32 heavy (non-hydrogen) atoms. The normalized spacial score (nSPS) is 12.0. The predicted octanol–water partition coefficient (Wildman–Crippen LogP) is 6.98. The first-order valence-electron chi connectivity index (χ1n) is 10.6. The van der Waals surface area contributed by atoms with E-state index in [0.29, 0.717) is 5.69 Å². The van der Waals surface area contributed by atoms with Crippen LogP contribution >= 0.6 is 0 Å². The van der Waals surface area contributed by atoms with Gasteiger partial charge in [-0.15, -0.1) is 0 Å². The Labute approximate surface area is 183 Å². The minimum Gasteiger partial charge on any atom is -0.457 e. The van der Waals surface area contributed by atoms with Gasteiger partial charge >= 0.3 is 0 Å². The van der Waals surface area contributed by atoms with E-state index in [9.17, 15) is 0 Å². The Balaban J connectivity index is 1.97. The largest absolute Gasteiger partial charge is 0.457 e. The van der Waals surface area contributed by atoms with Crippen LogP contribution in [0.1, 0.15) is 5.56 Å². The summed E-state index contributed by atoms with van der Waals surface area (Å²) in [6.07, 6.45) is 0. The molecule has 0 radical (unpaired) electrons. The van der Waals surface area contributed by atoms with Gasteiger partial charge in [-0.05, 0) is 30.7 Å². The van der Waals surface area contributed by atoms with Crippen LogP contribution in [0.4, 0.5) is 5.69 Å². The zero-order valence-electron chi connectivity index (χ0n) is 17.7. The molecule has 7 rings (SSSR count). The molecule has 4 heteroatoms. The van der Waals surface area contributed by atoms with Crippen molar-refractivity contribution in [1.29, 1.82) is 0 Å². The molecule has 0 atom stereocenters. The number of furan rings is 1. The number of benzene rings is 4. The lowest BCUT2D eigenvalue weighted by molar-refractivity contribution is -0.616. The smallest absolute Gasteiger partial charge is 0.294 e. The van der Waals surface area contributed by atoms with E-state index >= 15 is 0 Å². The van der Waals surface area contributed by atoms with Crippen LogP contribution in [0.15, 0.2) is 77.2 Å². The number of nitrogens with zero attached hydrogens (tertiary/aromatic N) is 3. The van der Waals surface area contributed by atoms with Crippen molar-refractivity contribution in [3.63, 3.8) is 0 Å². The highest BCUT2D eigenvalue weighted by molar-refractivity contribution is 6.22. The fourth-order valence-electron chi connectivity index (χ4n) is 5.44. The molecule has 7 aromatic rings. The molecule has 0 spiro atoms. The van der Waals surface area contributed by atoms with Crippen LogP contribution in [0.5, 0.6) is 0 Å². The Morgan fingerprint density at radius 3 is 2.44 bits per heavy atom. The lowest BCUT2D eigenvalue weighted by atomic mass is 10.0. The highest BCUT2D eigenvalue weighted by atomic mass is 16.3. The van der Waals surface area contributed by atoms with Gasteiger partial charge in [0.15, 0.2) is 11.0 Å². The summed E-state index contributed by atoms with van der Waals surface area (Å²) in [5.74, 6) is 0. The molecule has 0 bridgehead atoms. The average molecular weight is 412 g/mol. The summed E-state index contributed by atoms with van der Waals surface area (Å²) in [6.45, 7) is 10.1. The summed E-state index contributed by atoms with van der Waals surface area (Å²) < 4.78 is 10.7. The molecule has 0 aliphatic heterocycles. The van der Waals surface area contributed by atoms with Crippen LogP contribution in [0, 0.1) is 13.5 Å². The summed E-state index contributed by atoms with van der Waals surface area (Å²) in [4.78, 5) is 3.91. The lowest BCUT2D eigenvalue weighted by Crippen LogP contribution is -2.27. The van der Waals surface area contributed by atoms with E-state index in [2.05, 4.69) is 76.3 Å². The van der Waals surface area contributed by atoms with Gasteiger partial charge in [-0.2, -0.15) is 4.40 Å². The zero-order chi connectivity index (χ0) is 21.6. The van der Waals surface area contributed by atoms with Gasteiger partial charge in [-0.1, -0.05) is 54.6 Å². The first-order valence-corrected chi connectivity index (χ1v) is 10.6. The number of hydrogen-bond acceptors (Lipinski definition) is 1. The molecule has 0 amide bonds. The van der Waals surface area contributed by atoms with E-state index in [-0.39, 0.29) is 0 Å². The second-order valence-corrected chi connectivity index (χ2v) is 8.41. The summed E-state index contributed by atoms with van der Waals surface area (Å²) in [5, 5.41) is 5.76. The fourth-order valence-corrected chi connectivity index (χ4v) is 5.44. The molecule has 3 heterocycles. The second kappa shape index (κ2) is 5.87. The van der Waals surface area contributed by atoms with Gasteiger partial charge in [-0.25, -0.2) is 9.41 Å². The first-order chi connectivity index (χ1) is 15.7. The maximum atomic E-state index is 7.93. The van der Waals surface area contributed by atoms with E-state index in [1.165, 1.54) is 21.7 Å². The van der Waals surface area contributed by atoms with Crippen LogP contribution in [-0.4, -0.2) is 4.40 Å². The molecule has 0 saturated carbocycles. The molecule has 150 valence electrons. The highest BCUT2D eigenvalue weighted by Gasteiger charge is 2.29. The van der Waals surface area contributed by atoms with Crippen molar-refractivity contribution in [1.82, 2.24) is 4.40 Å². The first kappa shape index (κ1) is 17.3. The molecule has 4 nitrogen and oxygen atoms in total. The van der Waals surface area contributed by atoms with E-state index in [1.807, 2.05) is 24.3 Å². The molecule has 0 saturated heterocycles. The number of hydrogen-bond donors (Lipinski definition) is 0. The van der Waals surface area contributed by atoms with E-state index < -0.39 is 0 Å². The Morgan fingerprint density at radius 2 is 1.59 bits per heavy atom. The summed E-state index contributed by atoms with van der Waals surface area (Å²) in [5.41, 5.74) is 7.58. The van der Waals surface area contributed by atoms with Crippen molar-refractivity contribution < 1.29 is 8.98 Å². The van der Waals surface area contributed by atoms with Crippen LogP contribution in [0.25, 0.3) is 65.1 Å². The Kier molecular flexibility index (Phi) is 3.18. The SMILES string of the molecule is [C-]#[N+]c1cc2oc3ccccc3c2c2c1[n+](C)c1c3c(C)cccc3c3ccccc3n21. The van der Waals surface area contributed by atoms with Gasteiger partial charge in [0.2, 0.25) is 5.69 Å². The number of fused-ring (bicyclic) bond motifs is 12. The van der Waals surface area contributed by atoms with Crippen molar-refractivity contribution in [3.05, 3.63) is 89.8 Å². The number of pyridine rings is 1. The molecule has 0 aliphatic carbocycles. The van der Waals surface area contributed by atoms with Crippen LogP contribution in [-0.2, 0) is 7.05 Å². The quantitative estimate of drug-likeness (QED) is 0.150. The van der Waals surface area contributed by atoms with Crippen LogP contribution in [0.2, 0.25) is 0 Å². The summed E-state index contributed by atoms with van der Waals surface area (Å²) >= 11 is 0. The number of aryl methyl sites for hydroxylation is 2. The third-order valence-corrected chi connectivity index (χ3v) is 6.73. The van der Waals surface area contributed by atoms with Gasteiger partial charge in [0.25, 0.3) is 5.65 Å². The van der Waals surface area contributed by atoms with Crippen molar-refractivity contribution in [2.45, 2.75) is 6.92 Å². The minimum absolute atomic E-state index is 0.601. The molecule has 4 aromatic carbocycles. The summed E-state index contributed by atoms with van der Waals surface area (Å²) in [6, 6.07) is 25.0. The summed E-state index contributed by atoms with van der Waals surface area (Å²) in [7, 11) is 2.07. The van der Waals surface area contributed by atoms with E-state index in [4.69, 9.17) is 11.0 Å². The molecule has 0 N–H and O–H groups in total. The maximum absolute atomic E-state index is 7.93. The van der Waals surface area contributed by atoms with Gasteiger partial charge < -0.3 is 4.42 Å². The van der Waals surface area contributed by atoms with Crippen LogP contribution < -0.4 is 4.57 Å². The van der Waals surface area contributed by atoms with E-state index in [1.54, 1.807) is 0 Å². The topological polar surface area (TPSA) is 25.8 Å². The predicted molar refractivity (Wildman–Crippen MR) is 129 cm³/mol. The lowest BCUT2D eigenvalue weighted by Gasteiger charge is -2.07. The molecule has 0 fully saturated rings. The Bertz CT molecular complexity index is 1960. The van der Waals surface area contributed by atoms with Crippen molar-refractivity contribution in [3.8, 4) is 0 Å². The number of rotatable bonds is 0. The number of aromatic nitrogens is 2. The number of para-hydroxylation sites is 2. The highest BCUT2D eigenvalue weighted by Crippen LogP contribution is 2.41.